The van der Waals surface area contributed by atoms with Crippen molar-refractivity contribution in [1.29, 1.82) is 0 Å². The van der Waals surface area contributed by atoms with Crippen LogP contribution in [-0.2, 0) is 15.7 Å². The summed E-state index contributed by atoms with van der Waals surface area (Å²) in [5, 5.41) is 0. The van der Waals surface area contributed by atoms with Gasteiger partial charge in [-0.15, -0.1) is 0 Å². The van der Waals surface area contributed by atoms with Crippen LogP contribution in [-0.4, -0.2) is 53.6 Å². The molecule has 1 amide bonds. The molecule has 160 valence electrons. The molecule has 2 atom stereocenters. The van der Waals surface area contributed by atoms with Gasteiger partial charge in [0.2, 0.25) is 5.91 Å². The average Bonchev–Trinajstić information content (AvgIpc) is 2.91. The number of hydrogen-bond donors (Lipinski definition) is 0. The molecule has 2 saturated heterocycles. The van der Waals surface area contributed by atoms with Crippen molar-refractivity contribution in [3.63, 3.8) is 0 Å². The summed E-state index contributed by atoms with van der Waals surface area (Å²) >= 11 is 0. The van der Waals surface area contributed by atoms with Crippen molar-refractivity contribution in [2.45, 2.75) is 25.6 Å². The summed E-state index contributed by atoms with van der Waals surface area (Å²) in [6.45, 7) is 4.00. The summed E-state index contributed by atoms with van der Waals surface area (Å²) in [5.74, 6) is 0.222. The van der Waals surface area contributed by atoms with Gasteiger partial charge in [-0.1, -0.05) is 30.3 Å². The van der Waals surface area contributed by atoms with Gasteiger partial charge in [-0.25, -0.2) is 9.97 Å². The van der Waals surface area contributed by atoms with E-state index in [1.165, 1.54) is 0 Å². The standard InChI is InChI=1S/C21H23F3N4O2/c1-15(16-5-3-2-4-6-16)28-12-20(10-19(28)29)11-27(7-8-30-13-20)18-9-17(21(22,23)24)25-14-26-18/h2-6,9,14-15H,7-8,10-13H2,1H3/t15-,20+/m0/s1. The highest BCUT2D eigenvalue weighted by molar-refractivity contribution is 5.80. The number of halogens is 3. The number of aromatic nitrogens is 2. The third-order valence-corrected chi connectivity index (χ3v) is 5.81. The molecule has 4 rings (SSSR count). The number of nitrogens with zero attached hydrogens (tertiary/aromatic N) is 4. The average molecular weight is 420 g/mol. The second kappa shape index (κ2) is 7.86. The van der Waals surface area contributed by atoms with Gasteiger partial charge in [-0.2, -0.15) is 13.2 Å². The van der Waals surface area contributed by atoms with E-state index in [4.69, 9.17) is 4.74 Å². The Labute approximate surface area is 172 Å². The number of amides is 1. The Morgan fingerprint density at radius 2 is 1.93 bits per heavy atom. The Kier molecular flexibility index (Phi) is 5.40. The first-order valence-corrected chi connectivity index (χ1v) is 9.84. The molecule has 0 N–H and O–H groups in total. The van der Waals surface area contributed by atoms with Crippen molar-refractivity contribution in [1.82, 2.24) is 14.9 Å². The van der Waals surface area contributed by atoms with E-state index in [1.54, 1.807) is 4.90 Å². The van der Waals surface area contributed by atoms with Crippen LogP contribution in [0.3, 0.4) is 0 Å². The van der Waals surface area contributed by atoms with Crippen LogP contribution < -0.4 is 4.90 Å². The molecule has 2 fully saturated rings. The fourth-order valence-electron chi connectivity index (χ4n) is 4.26. The van der Waals surface area contributed by atoms with Crippen molar-refractivity contribution in [3.8, 4) is 0 Å². The molecule has 30 heavy (non-hydrogen) atoms. The van der Waals surface area contributed by atoms with E-state index in [0.29, 0.717) is 32.8 Å². The quantitative estimate of drug-likeness (QED) is 0.763. The van der Waals surface area contributed by atoms with Gasteiger partial charge in [0.05, 0.1) is 19.3 Å². The number of likely N-dealkylation sites (tertiary alicyclic amines) is 1. The van der Waals surface area contributed by atoms with Crippen LogP contribution in [0, 0.1) is 5.41 Å². The number of carbonyl (C=O) groups is 1. The smallest absolute Gasteiger partial charge is 0.379 e. The Balaban J connectivity index is 1.57. The van der Waals surface area contributed by atoms with Crippen molar-refractivity contribution in [3.05, 3.63) is 54.0 Å². The summed E-state index contributed by atoms with van der Waals surface area (Å²) in [7, 11) is 0. The van der Waals surface area contributed by atoms with Crippen molar-refractivity contribution < 1.29 is 22.7 Å². The zero-order valence-electron chi connectivity index (χ0n) is 16.6. The van der Waals surface area contributed by atoms with Gasteiger partial charge < -0.3 is 14.5 Å². The van der Waals surface area contributed by atoms with Crippen LogP contribution in [0.2, 0.25) is 0 Å². The van der Waals surface area contributed by atoms with Crippen molar-refractivity contribution >= 4 is 11.7 Å². The molecule has 6 nitrogen and oxygen atoms in total. The maximum absolute atomic E-state index is 13.1. The molecule has 0 aliphatic carbocycles. The molecule has 1 aromatic heterocycles. The second-order valence-corrected chi connectivity index (χ2v) is 8.02. The van der Waals surface area contributed by atoms with E-state index in [9.17, 15) is 18.0 Å². The van der Waals surface area contributed by atoms with Gasteiger partial charge in [0.25, 0.3) is 0 Å². The molecule has 0 bridgehead atoms. The molecule has 1 aromatic carbocycles. The number of anilines is 1. The molecule has 9 heteroatoms. The highest BCUT2D eigenvalue weighted by Gasteiger charge is 2.47. The lowest BCUT2D eigenvalue weighted by Crippen LogP contribution is -2.41. The summed E-state index contributed by atoms with van der Waals surface area (Å²) < 4.78 is 45.0. The molecule has 2 aromatic rings. The van der Waals surface area contributed by atoms with Crippen LogP contribution in [0.1, 0.15) is 30.6 Å². The molecular weight excluding hydrogens is 397 g/mol. The zero-order valence-corrected chi connectivity index (χ0v) is 16.6. The number of rotatable bonds is 3. The molecule has 0 radical (unpaired) electrons. The third kappa shape index (κ3) is 4.12. The second-order valence-electron chi connectivity index (χ2n) is 8.02. The number of ether oxygens (including phenoxy) is 1. The lowest BCUT2D eigenvalue weighted by molar-refractivity contribution is -0.141. The molecular formula is C21H23F3N4O2. The summed E-state index contributed by atoms with van der Waals surface area (Å²) in [6.07, 6.45) is -3.32. The van der Waals surface area contributed by atoms with Crippen molar-refractivity contribution in [2.75, 3.05) is 37.7 Å². The van der Waals surface area contributed by atoms with Gasteiger partial charge in [-0.05, 0) is 12.5 Å². The van der Waals surface area contributed by atoms with Crippen LogP contribution in [0.5, 0.6) is 0 Å². The Bertz CT molecular complexity index is 909. The van der Waals surface area contributed by atoms with Crippen LogP contribution in [0.4, 0.5) is 19.0 Å². The molecule has 0 saturated carbocycles. The minimum absolute atomic E-state index is 0.0236. The molecule has 2 aliphatic rings. The normalized spacial score (nSPS) is 23.7. The molecule has 2 aliphatic heterocycles. The molecule has 0 unspecified atom stereocenters. The van der Waals surface area contributed by atoms with E-state index in [1.807, 2.05) is 42.2 Å². The fourth-order valence-corrected chi connectivity index (χ4v) is 4.26. The van der Waals surface area contributed by atoms with Gasteiger partial charge in [0.15, 0.2) is 0 Å². The first kappa shape index (κ1) is 20.6. The number of alkyl halides is 3. The largest absolute Gasteiger partial charge is 0.433 e. The van der Waals surface area contributed by atoms with Crippen LogP contribution >= 0.6 is 0 Å². The monoisotopic (exact) mass is 420 g/mol. The summed E-state index contributed by atoms with van der Waals surface area (Å²) in [5.41, 5.74) is -0.437. The van der Waals surface area contributed by atoms with E-state index in [2.05, 4.69) is 9.97 Å². The number of carbonyl (C=O) groups excluding carboxylic acids is 1. The summed E-state index contributed by atoms with van der Waals surface area (Å²) in [4.78, 5) is 23.9. The SMILES string of the molecule is C[C@@H](c1ccccc1)N1C[C@@]2(COCCN(c3cc(C(F)(F)F)ncn3)C2)CC1=O. The number of benzene rings is 1. The van der Waals surface area contributed by atoms with Gasteiger partial charge in [0, 0.05) is 37.5 Å². The molecule has 3 heterocycles. The molecule has 1 spiro atoms. The van der Waals surface area contributed by atoms with Crippen molar-refractivity contribution in [2.24, 2.45) is 5.41 Å². The minimum Gasteiger partial charge on any atom is -0.379 e. The zero-order chi connectivity index (χ0) is 21.4. The van der Waals surface area contributed by atoms with Gasteiger partial charge >= 0.3 is 6.18 Å². The highest BCUT2D eigenvalue weighted by atomic mass is 19.4. The van der Waals surface area contributed by atoms with Crippen LogP contribution in [0.15, 0.2) is 42.7 Å². The van der Waals surface area contributed by atoms with Gasteiger partial charge in [0.1, 0.15) is 17.8 Å². The predicted octanol–water partition coefficient (Wildman–Crippen LogP) is 3.31. The number of hydrogen-bond acceptors (Lipinski definition) is 5. The van der Waals surface area contributed by atoms with Gasteiger partial charge in [-0.3, -0.25) is 4.79 Å². The fraction of sp³-hybridized carbons (Fsp3) is 0.476. The predicted molar refractivity (Wildman–Crippen MR) is 104 cm³/mol. The topological polar surface area (TPSA) is 58.6 Å². The Morgan fingerprint density at radius 3 is 2.67 bits per heavy atom. The van der Waals surface area contributed by atoms with E-state index < -0.39 is 17.3 Å². The lowest BCUT2D eigenvalue weighted by Gasteiger charge is -2.33. The Morgan fingerprint density at radius 1 is 1.17 bits per heavy atom. The Hall–Kier alpha value is -2.68. The lowest BCUT2D eigenvalue weighted by atomic mass is 9.87. The minimum atomic E-state index is -4.54. The van der Waals surface area contributed by atoms with E-state index in [0.717, 1.165) is 18.0 Å². The van der Waals surface area contributed by atoms with E-state index in [-0.39, 0.29) is 24.2 Å². The van der Waals surface area contributed by atoms with Crippen LogP contribution in [0.25, 0.3) is 0 Å². The highest BCUT2D eigenvalue weighted by Crippen LogP contribution is 2.39. The summed E-state index contributed by atoms with van der Waals surface area (Å²) in [6, 6.07) is 10.6. The first-order valence-electron chi connectivity index (χ1n) is 9.84. The van der Waals surface area contributed by atoms with E-state index >= 15 is 0 Å². The third-order valence-electron chi connectivity index (χ3n) is 5.81. The first-order chi connectivity index (χ1) is 14.3. The maximum Gasteiger partial charge on any atom is 0.433 e. The maximum atomic E-state index is 13.1.